The van der Waals surface area contributed by atoms with E-state index >= 15 is 0 Å². The van der Waals surface area contributed by atoms with Crippen molar-refractivity contribution < 1.29 is 9.90 Å². The second-order valence-corrected chi connectivity index (χ2v) is 4.44. The summed E-state index contributed by atoms with van der Waals surface area (Å²) in [5.41, 5.74) is 0.634. The first kappa shape index (κ1) is 10.7. The molecule has 0 radical (unpaired) electrons. The van der Waals surface area contributed by atoms with Gasteiger partial charge in [0.15, 0.2) is 5.82 Å². The molecule has 2 heterocycles. The number of nitrogens with zero attached hydrogens (tertiary/aromatic N) is 3. The molecule has 0 saturated carbocycles. The summed E-state index contributed by atoms with van der Waals surface area (Å²) >= 11 is 1.47. The Labute approximate surface area is 95.4 Å². The van der Waals surface area contributed by atoms with Gasteiger partial charge in [0.25, 0.3) is 0 Å². The van der Waals surface area contributed by atoms with Crippen LogP contribution < -0.4 is 5.32 Å². The van der Waals surface area contributed by atoms with Crippen molar-refractivity contribution in [3.63, 3.8) is 0 Å². The van der Waals surface area contributed by atoms with E-state index in [-0.39, 0.29) is 6.54 Å². The van der Waals surface area contributed by atoms with Gasteiger partial charge in [-0.1, -0.05) is 11.3 Å². The van der Waals surface area contributed by atoms with E-state index in [0.717, 1.165) is 9.84 Å². The molecule has 0 amide bonds. The Balaban J connectivity index is 2.45. The highest BCUT2D eigenvalue weighted by Crippen LogP contribution is 2.24. The lowest BCUT2D eigenvalue weighted by Gasteiger charge is -2.03. The number of aromatic nitrogens is 3. The van der Waals surface area contributed by atoms with E-state index in [1.54, 1.807) is 6.92 Å². The summed E-state index contributed by atoms with van der Waals surface area (Å²) in [4.78, 5) is 23.9. The Bertz CT molecular complexity index is 552. The third-order valence-corrected chi connectivity index (χ3v) is 2.75. The van der Waals surface area contributed by atoms with Crippen LogP contribution in [0.15, 0.2) is 0 Å². The maximum Gasteiger partial charge on any atom is 0.322 e. The summed E-state index contributed by atoms with van der Waals surface area (Å²) < 4.78 is 0. The highest BCUT2D eigenvalue weighted by molar-refractivity contribution is 7.18. The monoisotopic (exact) mass is 238 g/mol. The number of carboxylic acids is 1. The SMILES string of the molecule is Cc1nc(NCC(=O)O)c2nc(C)sc2n1. The number of hydrogen-bond acceptors (Lipinski definition) is 6. The maximum atomic E-state index is 10.5. The summed E-state index contributed by atoms with van der Waals surface area (Å²) in [6.07, 6.45) is 0. The molecule has 6 nitrogen and oxygen atoms in total. The molecule has 0 unspecified atom stereocenters. The first-order chi connectivity index (χ1) is 7.56. The minimum absolute atomic E-state index is 0.178. The molecule has 0 atom stereocenters. The van der Waals surface area contributed by atoms with Gasteiger partial charge in [-0.2, -0.15) is 0 Å². The Morgan fingerprint density at radius 2 is 2.12 bits per heavy atom. The van der Waals surface area contributed by atoms with Crippen LogP contribution in [0.1, 0.15) is 10.8 Å². The van der Waals surface area contributed by atoms with Crippen molar-refractivity contribution in [3.8, 4) is 0 Å². The van der Waals surface area contributed by atoms with E-state index in [4.69, 9.17) is 5.11 Å². The number of rotatable bonds is 3. The molecule has 0 aliphatic heterocycles. The number of aryl methyl sites for hydroxylation is 2. The molecule has 2 rings (SSSR count). The fourth-order valence-corrected chi connectivity index (χ4v) is 2.15. The molecule has 16 heavy (non-hydrogen) atoms. The van der Waals surface area contributed by atoms with Gasteiger partial charge in [0.2, 0.25) is 0 Å². The molecular weight excluding hydrogens is 228 g/mol. The Kier molecular flexibility index (Phi) is 2.69. The Morgan fingerprint density at radius 3 is 2.81 bits per heavy atom. The first-order valence-electron chi connectivity index (χ1n) is 4.63. The number of aliphatic carboxylic acids is 1. The predicted octanol–water partition coefficient (Wildman–Crippen LogP) is 1.20. The normalized spacial score (nSPS) is 10.6. The van der Waals surface area contributed by atoms with Gasteiger partial charge in [-0.15, -0.1) is 0 Å². The second kappa shape index (κ2) is 4.01. The molecule has 0 spiro atoms. The lowest BCUT2D eigenvalue weighted by atomic mass is 10.4. The standard InChI is InChI=1S/C9H10N4O2S/c1-4-11-8(10-3-6(14)15)7-9(12-4)16-5(2)13-7/h3H2,1-2H3,(H,14,15)(H,10,11,12). The molecule has 2 aromatic rings. The molecule has 0 bridgehead atoms. The third kappa shape index (κ3) is 2.08. The number of carboxylic acid groups (broad SMARTS) is 1. The molecule has 84 valence electrons. The highest BCUT2D eigenvalue weighted by Gasteiger charge is 2.10. The zero-order chi connectivity index (χ0) is 11.7. The zero-order valence-corrected chi connectivity index (χ0v) is 9.63. The largest absolute Gasteiger partial charge is 0.480 e. The van der Waals surface area contributed by atoms with Crippen molar-refractivity contribution in [1.29, 1.82) is 0 Å². The van der Waals surface area contributed by atoms with Gasteiger partial charge in [-0.25, -0.2) is 15.0 Å². The number of thiazole rings is 1. The smallest absolute Gasteiger partial charge is 0.322 e. The molecule has 0 aromatic carbocycles. The Hall–Kier alpha value is -1.76. The van der Waals surface area contributed by atoms with E-state index in [1.165, 1.54) is 11.3 Å². The number of hydrogen-bond donors (Lipinski definition) is 2. The van der Waals surface area contributed by atoms with E-state index in [0.29, 0.717) is 17.2 Å². The number of anilines is 1. The topological polar surface area (TPSA) is 88.0 Å². The van der Waals surface area contributed by atoms with E-state index in [9.17, 15) is 4.79 Å². The van der Waals surface area contributed by atoms with Gasteiger partial charge >= 0.3 is 5.97 Å². The third-order valence-electron chi connectivity index (χ3n) is 1.88. The van der Waals surface area contributed by atoms with E-state index in [1.807, 2.05) is 6.92 Å². The highest BCUT2D eigenvalue weighted by atomic mass is 32.1. The van der Waals surface area contributed by atoms with E-state index < -0.39 is 5.97 Å². The second-order valence-electron chi connectivity index (χ2n) is 3.25. The average Bonchev–Trinajstić information content (AvgIpc) is 2.54. The van der Waals surface area contributed by atoms with Crippen LogP contribution in [0, 0.1) is 13.8 Å². The molecule has 0 saturated heterocycles. The summed E-state index contributed by atoms with van der Waals surface area (Å²) in [7, 11) is 0. The molecule has 7 heteroatoms. The molecule has 0 fully saturated rings. The number of fused-ring (bicyclic) bond motifs is 1. The molecule has 2 N–H and O–H groups in total. The van der Waals surface area contributed by atoms with Crippen molar-refractivity contribution in [2.24, 2.45) is 0 Å². The van der Waals surface area contributed by atoms with Crippen LogP contribution in [0.5, 0.6) is 0 Å². The van der Waals surface area contributed by atoms with Crippen LogP contribution in [-0.4, -0.2) is 32.6 Å². The summed E-state index contributed by atoms with van der Waals surface area (Å²) in [5.74, 6) is 0.148. The number of carbonyl (C=O) groups is 1. The van der Waals surface area contributed by atoms with Gasteiger partial charge < -0.3 is 10.4 Å². The lowest BCUT2D eigenvalue weighted by molar-refractivity contribution is -0.134. The first-order valence-corrected chi connectivity index (χ1v) is 5.45. The van der Waals surface area contributed by atoms with Crippen LogP contribution in [0.3, 0.4) is 0 Å². The van der Waals surface area contributed by atoms with Gasteiger partial charge in [-0.05, 0) is 13.8 Å². The zero-order valence-electron chi connectivity index (χ0n) is 8.81. The Morgan fingerprint density at radius 1 is 1.38 bits per heavy atom. The van der Waals surface area contributed by atoms with Crippen molar-refractivity contribution in [2.45, 2.75) is 13.8 Å². The number of nitrogens with one attached hydrogen (secondary N) is 1. The molecule has 2 aromatic heterocycles. The quantitative estimate of drug-likeness (QED) is 0.835. The predicted molar refractivity (Wildman–Crippen MR) is 60.8 cm³/mol. The van der Waals surface area contributed by atoms with Crippen LogP contribution >= 0.6 is 11.3 Å². The molecular formula is C9H10N4O2S. The minimum Gasteiger partial charge on any atom is -0.480 e. The average molecular weight is 238 g/mol. The van der Waals surface area contributed by atoms with Gasteiger partial charge in [-0.3, -0.25) is 4.79 Å². The van der Waals surface area contributed by atoms with Crippen molar-refractivity contribution >= 4 is 33.5 Å². The van der Waals surface area contributed by atoms with E-state index in [2.05, 4.69) is 20.3 Å². The summed E-state index contributed by atoms with van der Waals surface area (Å²) in [5, 5.41) is 12.2. The molecule has 0 aliphatic rings. The summed E-state index contributed by atoms with van der Waals surface area (Å²) in [6.45, 7) is 3.46. The van der Waals surface area contributed by atoms with Crippen LogP contribution in [0.2, 0.25) is 0 Å². The van der Waals surface area contributed by atoms with Crippen LogP contribution in [0.25, 0.3) is 10.3 Å². The maximum absolute atomic E-state index is 10.5. The van der Waals surface area contributed by atoms with Gasteiger partial charge in [0.1, 0.15) is 22.7 Å². The van der Waals surface area contributed by atoms with Gasteiger partial charge in [0, 0.05) is 0 Å². The fourth-order valence-electron chi connectivity index (χ4n) is 1.32. The minimum atomic E-state index is -0.934. The van der Waals surface area contributed by atoms with Crippen LogP contribution in [0.4, 0.5) is 5.82 Å². The van der Waals surface area contributed by atoms with Crippen molar-refractivity contribution in [1.82, 2.24) is 15.0 Å². The molecule has 0 aliphatic carbocycles. The van der Waals surface area contributed by atoms with Crippen LogP contribution in [-0.2, 0) is 4.79 Å². The lowest BCUT2D eigenvalue weighted by Crippen LogP contribution is -2.14. The fraction of sp³-hybridized carbons (Fsp3) is 0.333. The summed E-state index contributed by atoms with van der Waals surface area (Å²) in [6, 6.07) is 0. The van der Waals surface area contributed by atoms with Crippen molar-refractivity contribution in [3.05, 3.63) is 10.8 Å². The van der Waals surface area contributed by atoms with Crippen molar-refractivity contribution in [2.75, 3.05) is 11.9 Å². The van der Waals surface area contributed by atoms with Gasteiger partial charge in [0.05, 0.1) is 5.01 Å².